The zero-order chi connectivity index (χ0) is 20.5. The molecule has 0 amide bonds. The van der Waals surface area contributed by atoms with Gasteiger partial charge in [-0.05, 0) is 74.7 Å². The van der Waals surface area contributed by atoms with Crippen molar-refractivity contribution >= 4 is 17.5 Å². The van der Waals surface area contributed by atoms with Crippen molar-refractivity contribution in [2.75, 3.05) is 0 Å². The number of esters is 1. The van der Waals surface area contributed by atoms with Gasteiger partial charge in [-0.2, -0.15) is 0 Å². The molecule has 3 fully saturated rings. The van der Waals surface area contributed by atoms with Crippen molar-refractivity contribution in [1.29, 1.82) is 0 Å². The molecule has 4 rings (SSSR count). The fraction of sp³-hybridized carbons (Fsp3) is 0.792. The number of allylic oxidation sites excluding steroid dienone is 1. The third-order valence-corrected chi connectivity index (χ3v) is 9.33. The van der Waals surface area contributed by atoms with Gasteiger partial charge >= 0.3 is 5.97 Å². The molecule has 4 nitrogen and oxygen atoms in total. The lowest BCUT2D eigenvalue weighted by atomic mass is 9.46. The van der Waals surface area contributed by atoms with E-state index >= 15 is 0 Å². The van der Waals surface area contributed by atoms with E-state index in [4.69, 9.17) is 4.74 Å². The van der Waals surface area contributed by atoms with E-state index in [9.17, 15) is 14.4 Å². The van der Waals surface area contributed by atoms with Gasteiger partial charge in [0.1, 0.15) is 0 Å². The molecule has 4 aliphatic rings. The summed E-state index contributed by atoms with van der Waals surface area (Å²) in [4.78, 5) is 36.9. The molecule has 7 atom stereocenters. The Balaban J connectivity index is 1.74. The minimum Gasteiger partial charge on any atom is -0.450 e. The van der Waals surface area contributed by atoms with Crippen molar-refractivity contribution in [3.8, 4) is 0 Å². The third kappa shape index (κ3) is 2.39. The Kier molecular flexibility index (Phi) is 4.45. The maximum atomic E-state index is 12.9. The second-order valence-corrected chi connectivity index (χ2v) is 10.4. The van der Waals surface area contributed by atoms with Gasteiger partial charge in [-0.15, -0.1) is 0 Å². The first-order valence-corrected chi connectivity index (χ1v) is 11.0. The average molecular weight is 387 g/mol. The number of ketones is 2. The Hall–Kier alpha value is -1.45. The number of rotatable bonds is 2. The van der Waals surface area contributed by atoms with Gasteiger partial charge in [-0.3, -0.25) is 14.4 Å². The summed E-state index contributed by atoms with van der Waals surface area (Å²) in [5.74, 6) is 1.47. The first kappa shape index (κ1) is 19.8. The van der Waals surface area contributed by atoms with Crippen LogP contribution in [0.5, 0.6) is 0 Å². The SMILES string of the molecule is CC(=O)O[C@]1(C(C)=O)C(C)C[C@H]2[C@@H]3CCC4=CC(=O)CC[C@]4(C)[C@H]3CC[C@@]21C. The predicted molar refractivity (Wildman–Crippen MR) is 106 cm³/mol. The molecule has 0 aromatic rings. The maximum Gasteiger partial charge on any atom is 0.303 e. The van der Waals surface area contributed by atoms with Crippen LogP contribution < -0.4 is 0 Å². The van der Waals surface area contributed by atoms with E-state index in [0.717, 1.165) is 38.5 Å². The van der Waals surface area contributed by atoms with Crippen molar-refractivity contribution in [2.45, 2.75) is 85.2 Å². The van der Waals surface area contributed by atoms with Crippen molar-refractivity contribution in [1.82, 2.24) is 0 Å². The molecule has 0 aromatic heterocycles. The van der Waals surface area contributed by atoms with Gasteiger partial charge in [0, 0.05) is 24.7 Å². The van der Waals surface area contributed by atoms with Crippen LogP contribution in [-0.4, -0.2) is 23.1 Å². The summed E-state index contributed by atoms with van der Waals surface area (Å²) in [6.45, 7) is 9.71. The number of carbonyl (C=O) groups is 3. The fourth-order valence-electron chi connectivity index (χ4n) is 8.15. The van der Waals surface area contributed by atoms with Crippen LogP contribution in [0.25, 0.3) is 0 Å². The Morgan fingerprint density at radius 3 is 2.43 bits per heavy atom. The second kappa shape index (κ2) is 6.27. The molecule has 4 heteroatoms. The molecule has 0 aliphatic heterocycles. The van der Waals surface area contributed by atoms with Crippen LogP contribution in [0.15, 0.2) is 11.6 Å². The average Bonchev–Trinajstić information content (AvgIpc) is 2.83. The molecule has 154 valence electrons. The third-order valence-electron chi connectivity index (χ3n) is 9.33. The Morgan fingerprint density at radius 1 is 1.07 bits per heavy atom. The van der Waals surface area contributed by atoms with E-state index in [1.54, 1.807) is 6.92 Å². The van der Waals surface area contributed by atoms with Crippen LogP contribution >= 0.6 is 0 Å². The summed E-state index contributed by atoms with van der Waals surface area (Å²) in [6, 6.07) is 0. The van der Waals surface area contributed by atoms with Gasteiger partial charge in [0.15, 0.2) is 17.2 Å². The molecule has 0 saturated heterocycles. The molecule has 0 radical (unpaired) electrons. The lowest BCUT2D eigenvalue weighted by Crippen LogP contribution is -2.60. The predicted octanol–water partition coefficient (Wildman–Crippen LogP) is 4.66. The summed E-state index contributed by atoms with van der Waals surface area (Å²) in [7, 11) is 0. The Labute approximate surface area is 168 Å². The van der Waals surface area contributed by atoms with E-state index < -0.39 is 5.60 Å². The lowest BCUT2D eigenvalue weighted by molar-refractivity contribution is -0.192. The van der Waals surface area contributed by atoms with Gasteiger partial charge in [0.2, 0.25) is 0 Å². The Morgan fingerprint density at radius 2 is 1.79 bits per heavy atom. The topological polar surface area (TPSA) is 60.4 Å². The highest BCUT2D eigenvalue weighted by molar-refractivity contribution is 5.92. The molecule has 0 bridgehead atoms. The standard InChI is InChI=1S/C24H34O4/c1-14-12-21-19-7-6-17-13-18(27)8-10-22(17,4)20(19)9-11-23(21,5)24(14,15(2)25)28-16(3)26/h13-14,19-21H,6-12H2,1-5H3/t14?,19-,20+,21+,22+,23+,24+/m1/s1. The highest BCUT2D eigenvalue weighted by atomic mass is 16.6. The van der Waals surface area contributed by atoms with Crippen molar-refractivity contribution in [3.63, 3.8) is 0 Å². The molecule has 4 aliphatic carbocycles. The second-order valence-electron chi connectivity index (χ2n) is 10.4. The molecule has 28 heavy (non-hydrogen) atoms. The van der Waals surface area contributed by atoms with E-state index in [0.29, 0.717) is 24.2 Å². The van der Waals surface area contributed by atoms with Gasteiger partial charge < -0.3 is 4.74 Å². The summed E-state index contributed by atoms with van der Waals surface area (Å²) in [5, 5.41) is 0. The molecule has 0 heterocycles. The first-order valence-electron chi connectivity index (χ1n) is 11.0. The van der Waals surface area contributed by atoms with Crippen molar-refractivity contribution in [3.05, 3.63) is 11.6 Å². The van der Waals surface area contributed by atoms with Crippen LogP contribution in [0.2, 0.25) is 0 Å². The van der Waals surface area contributed by atoms with Crippen molar-refractivity contribution in [2.24, 2.45) is 34.5 Å². The number of hydrogen-bond acceptors (Lipinski definition) is 4. The largest absolute Gasteiger partial charge is 0.450 e. The minimum absolute atomic E-state index is 0.00418. The summed E-state index contributed by atoms with van der Waals surface area (Å²) < 4.78 is 5.93. The van der Waals surface area contributed by atoms with Crippen LogP contribution in [0.4, 0.5) is 0 Å². The quantitative estimate of drug-likeness (QED) is 0.648. The van der Waals surface area contributed by atoms with E-state index in [1.165, 1.54) is 12.5 Å². The van der Waals surface area contributed by atoms with Crippen LogP contribution in [0.1, 0.15) is 79.6 Å². The number of fused-ring (bicyclic) bond motifs is 5. The zero-order valence-electron chi connectivity index (χ0n) is 18.0. The summed E-state index contributed by atoms with van der Waals surface area (Å²) >= 11 is 0. The van der Waals surface area contributed by atoms with Crippen LogP contribution in [0, 0.1) is 34.5 Å². The van der Waals surface area contributed by atoms with Gasteiger partial charge in [0.05, 0.1) is 0 Å². The van der Waals surface area contributed by atoms with Gasteiger partial charge in [-0.1, -0.05) is 26.3 Å². The smallest absolute Gasteiger partial charge is 0.303 e. The van der Waals surface area contributed by atoms with Gasteiger partial charge in [-0.25, -0.2) is 0 Å². The van der Waals surface area contributed by atoms with Gasteiger partial charge in [0.25, 0.3) is 0 Å². The van der Waals surface area contributed by atoms with E-state index in [2.05, 4.69) is 20.8 Å². The zero-order valence-corrected chi connectivity index (χ0v) is 18.0. The molecule has 0 N–H and O–H groups in total. The molecule has 0 spiro atoms. The van der Waals surface area contributed by atoms with Crippen molar-refractivity contribution < 1.29 is 19.1 Å². The van der Waals surface area contributed by atoms with E-state index in [1.807, 2.05) is 6.08 Å². The molecule has 3 saturated carbocycles. The van der Waals surface area contributed by atoms with Crippen LogP contribution in [-0.2, 0) is 19.1 Å². The molecule has 1 unspecified atom stereocenters. The monoisotopic (exact) mass is 386 g/mol. The molecule has 0 aromatic carbocycles. The highest BCUT2D eigenvalue weighted by Crippen LogP contribution is 2.69. The lowest BCUT2D eigenvalue weighted by Gasteiger charge is -2.59. The summed E-state index contributed by atoms with van der Waals surface area (Å²) in [5.41, 5.74) is 0.184. The van der Waals surface area contributed by atoms with Crippen LogP contribution in [0.3, 0.4) is 0 Å². The number of ether oxygens (including phenoxy) is 1. The Bertz CT molecular complexity index is 767. The summed E-state index contributed by atoms with van der Waals surface area (Å²) in [6.07, 6.45) is 8.52. The van der Waals surface area contributed by atoms with E-state index in [-0.39, 0.29) is 34.3 Å². The number of Topliss-reactive ketones (excluding diaryl/α,β-unsaturated/α-hetero) is 1. The molecular formula is C24H34O4. The number of hydrogen-bond donors (Lipinski definition) is 0. The molecular weight excluding hydrogens is 352 g/mol. The number of carbonyl (C=O) groups excluding carboxylic acids is 3. The first-order chi connectivity index (χ1) is 13.1. The maximum absolute atomic E-state index is 12.9. The highest BCUT2D eigenvalue weighted by Gasteiger charge is 2.70. The minimum atomic E-state index is -0.992. The normalized spacial score (nSPS) is 47.5. The fourth-order valence-corrected chi connectivity index (χ4v) is 8.15.